The van der Waals surface area contributed by atoms with Gasteiger partial charge in [0.2, 0.25) is 0 Å². The summed E-state index contributed by atoms with van der Waals surface area (Å²) in [4.78, 5) is 0. The largest absolute Gasteiger partial charge is 0.0850 e. The molecular formula is C12H16. The zero-order valence-corrected chi connectivity index (χ0v) is 7.88. The molecule has 0 aromatic carbocycles. The molecule has 0 heterocycles. The van der Waals surface area contributed by atoms with Crippen LogP contribution in [0.5, 0.6) is 0 Å². The summed E-state index contributed by atoms with van der Waals surface area (Å²) >= 11 is 0. The second kappa shape index (κ2) is 2.04. The van der Waals surface area contributed by atoms with Gasteiger partial charge in [-0.1, -0.05) is 23.3 Å². The van der Waals surface area contributed by atoms with Crippen molar-refractivity contribution in [3.63, 3.8) is 0 Å². The molecule has 0 spiro atoms. The highest BCUT2D eigenvalue weighted by Crippen LogP contribution is 2.57. The van der Waals surface area contributed by atoms with Crippen LogP contribution in [0.15, 0.2) is 23.3 Å². The highest BCUT2D eigenvalue weighted by molar-refractivity contribution is 5.31. The van der Waals surface area contributed by atoms with Gasteiger partial charge in [0.1, 0.15) is 0 Å². The van der Waals surface area contributed by atoms with Crippen LogP contribution in [0.2, 0.25) is 0 Å². The van der Waals surface area contributed by atoms with E-state index in [-0.39, 0.29) is 0 Å². The molecule has 3 aliphatic rings. The molecule has 0 aromatic rings. The summed E-state index contributed by atoms with van der Waals surface area (Å²) < 4.78 is 0. The first-order valence-corrected chi connectivity index (χ1v) is 5.12. The van der Waals surface area contributed by atoms with E-state index < -0.39 is 0 Å². The summed E-state index contributed by atoms with van der Waals surface area (Å²) in [5.41, 5.74) is 3.36. The summed E-state index contributed by atoms with van der Waals surface area (Å²) in [6.07, 6.45) is 7.84. The van der Waals surface area contributed by atoms with Gasteiger partial charge in [-0.15, -0.1) is 0 Å². The smallest absolute Gasteiger partial charge is 0.0103 e. The minimum absolute atomic E-state index is 0.929. The molecule has 0 unspecified atom stereocenters. The molecule has 0 saturated heterocycles. The van der Waals surface area contributed by atoms with Crippen LogP contribution in [0.3, 0.4) is 0 Å². The third-order valence-electron chi connectivity index (χ3n) is 4.27. The third-order valence-corrected chi connectivity index (χ3v) is 4.27. The van der Waals surface area contributed by atoms with Gasteiger partial charge < -0.3 is 0 Å². The van der Waals surface area contributed by atoms with Crippen molar-refractivity contribution in [3.05, 3.63) is 23.3 Å². The van der Waals surface area contributed by atoms with Crippen molar-refractivity contribution < 1.29 is 0 Å². The monoisotopic (exact) mass is 160 g/mol. The van der Waals surface area contributed by atoms with E-state index >= 15 is 0 Å². The van der Waals surface area contributed by atoms with Gasteiger partial charge in [-0.3, -0.25) is 0 Å². The van der Waals surface area contributed by atoms with Gasteiger partial charge in [-0.05, 0) is 50.4 Å². The van der Waals surface area contributed by atoms with Gasteiger partial charge in [-0.2, -0.15) is 0 Å². The molecule has 0 aliphatic heterocycles. The van der Waals surface area contributed by atoms with Crippen molar-refractivity contribution in [1.82, 2.24) is 0 Å². The molecule has 12 heavy (non-hydrogen) atoms. The van der Waals surface area contributed by atoms with Crippen LogP contribution in [0.25, 0.3) is 0 Å². The van der Waals surface area contributed by atoms with Crippen LogP contribution in [-0.2, 0) is 0 Å². The molecule has 0 aromatic heterocycles. The van der Waals surface area contributed by atoms with Crippen LogP contribution < -0.4 is 0 Å². The van der Waals surface area contributed by atoms with E-state index in [0.29, 0.717) is 0 Å². The standard InChI is InChI=1S/C12H16/c1-7-3-4-10-9-5-8(2)11(6-9)12(7)10/h3,5,9-12H,4,6H2,1-2H3/t9-,10-,11+,12-/m0/s1. The number of allylic oxidation sites excluding steroid dienone is 4. The van der Waals surface area contributed by atoms with Crippen LogP contribution in [-0.4, -0.2) is 0 Å². The fourth-order valence-corrected chi connectivity index (χ4v) is 3.74. The number of rotatable bonds is 0. The third kappa shape index (κ3) is 0.646. The fraction of sp³-hybridized carbons (Fsp3) is 0.667. The average molecular weight is 160 g/mol. The predicted molar refractivity (Wildman–Crippen MR) is 50.7 cm³/mol. The van der Waals surface area contributed by atoms with E-state index in [4.69, 9.17) is 0 Å². The predicted octanol–water partition coefficient (Wildman–Crippen LogP) is 3.16. The molecule has 0 amide bonds. The van der Waals surface area contributed by atoms with Crippen molar-refractivity contribution in [2.75, 3.05) is 0 Å². The maximum absolute atomic E-state index is 2.54. The van der Waals surface area contributed by atoms with Crippen LogP contribution in [0.1, 0.15) is 26.7 Å². The van der Waals surface area contributed by atoms with Gasteiger partial charge >= 0.3 is 0 Å². The Morgan fingerprint density at radius 1 is 1.25 bits per heavy atom. The normalized spacial score (nSPS) is 49.2. The lowest BCUT2D eigenvalue weighted by Gasteiger charge is -2.25. The minimum atomic E-state index is 0.929. The number of hydrogen-bond donors (Lipinski definition) is 0. The first-order chi connectivity index (χ1) is 5.77. The Morgan fingerprint density at radius 3 is 2.92 bits per heavy atom. The van der Waals surface area contributed by atoms with Crippen LogP contribution >= 0.6 is 0 Å². The molecule has 64 valence electrons. The van der Waals surface area contributed by atoms with Gasteiger partial charge in [0.25, 0.3) is 0 Å². The van der Waals surface area contributed by atoms with Gasteiger partial charge in [0.05, 0.1) is 0 Å². The van der Waals surface area contributed by atoms with E-state index in [1.807, 2.05) is 0 Å². The summed E-state index contributed by atoms with van der Waals surface area (Å²) in [5.74, 6) is 3.81. The van der Waals surface area contributed by atoms with Crippen LogP contribution in [0.4, 0.5) is 0 Å². The Kier molecular flexibility index (Phi) is 1.18. The second-order valence-corrected chi connectivity index (χ2v) is 4.79. The zero-order chi connectivity index (χ0) is 8.29. The minimum Gasteiger partial charge on any atom is -0.0850 e. The van der Waals surface area contributed by atoms with E-state index in [1.165, 1.54) is 12.8 Å². The first kappa shape index (κ1) is 6.94. The summed E-state index contributed by atoms with van der Waals surface area (Å²) in [5, 5.41) is 0. The Balaban J connectivity index is 2.03. The molecule has 3 rings (SSSR count). The summed E-state index contributed by atoms with van der Waals surface area (Å²) in [6, 6.07) is 0. The lowest BCUT2D eigenvalue weighted by Crippen LogP contribution is -2.17. The van der Waals surface area contributed by atoms with E-state index in [9.17, 15) is 0 Å². The van der Waals surface area contributed by atoms with Crippen LogP contribution in [0, 0.1) is 23.7 Å². The molecule has 4 atom stereocenters. The molecule has 0 N–H and O–H groups in total. The Hall–Kier alpha value is -0.520. The average Bonchev–Trinajstić information content (AvgIpc) is 2.62. The van der Waals surface area contributed by atoms with Crippen molar-refractivity contribution in [3.8, 4) is 0 Å². The van der Waals surface area contributed by atoms with E-state index in [2.05, 4.69) is 26.0 Å². The Bertz CT molecular complexity index is 282. The molecule has 0 radical (unpaired) electrons. The summed E-state index contributed by atoms with van der Waals surface area (Å²) in [7, 11) is 0. The molecule has 1 fully saturated rings. The van der Waals surface area contributed by atoms with E-state index in [1.54, 1.807) is 11.1 Å². The molecule has 0 heteroatoms. The lowest BCUT2D eigenvalue weighted by atomic mass is 9.79. The second-order valence-electron chi connectivity index (χ2n) is 4.79. The zero-order valence-electron chi connectivity index (χ0n) is 7.88. The van der Waals surface area contributed by atoms with Crippen molar-refractivity contribution in [1.29, 1.82) is 0 Å². The fourth-order valence-electron chi connectivity index (χ4n) is 3.74. The Labute approximate surface area is 74.4 Å². The topological polar surface area (TPSA) is 0 Å². The maximum atomic E-state index is 2.54. The maximum Gasteiger partial charge on any atom is -0.0103 e. The van der Waals surface area contributed by atoms with Crippen molar-refractivity contribution in [2.45, 2.75) is 26.7 Å². The highest BCUT2D eigenvalue weighted by Gasteiger charge is 2.48. The molecule has 3 aliphatic carbocycles. The molecular weight excluding hydrogens is 144 g/mol. The van der Waals surface area contributed by atoms with Gasteiger partial charge in [0.15, 0.2) is 0 Å². The SMILES string of the molecule is CC1=CC[C@@H]2[C@H]1[C@@H]1C[C@@H]2C=C1C. The number of fused-ring (bicyclic) bond motifs is 5. The van der Waals surface area contributed by atoms with E-state index in [0.717, 1.165) is 23.7 Å². The molecule has 2 bridgehead atoms. The first-order valence-electron chi connectivity index (χ1n) is 5.12. The van der Waals surface area contributed by atoms with Gasteiger partial charge in [-0.25, -0.2) is 0 Å². The quantitative estimate of drug-likeness (QED) is 0.477. The van der Waals surface area contributed by atoms with Crippen molar-refractivity contribution in [2.24, 2.45) is 23.7 Å². The summed E-state index contributed by atoms with van der Waals surface area (Å²) in [6.45, 7) is 4.66. The Morgan fingerprint density at radius 2 is 2.08 bits per heavy atom. The lowest BCUT2D eigenvalue weighted by molar-refractivity contribution is 0.376. The number of hydrogen-bond acceptors (Lipinski definition) is 0. The molecule has 0 nitrogen and oxygen atoms in total. The van der Waals surface area contributed by atoms with Crippen molar-refractivity contribution >= 4 is 0 Å². The highest BCUT2D eigenvalue weighted by atomic mass is 14.5. The van der Waals surface area contributed by atoms with Gasteiger partial charge in [0, 0.05) is 0 Å². The molecule has 1 saturated carbocycles.